The van der Waals surface area contributed by atoms with Crippen molar-refractivity contribution in [3.8, 4) is 11.1 Å². The molecule has 110 valence electrons. The Hall–Kier alpha value is -1.13. The van der Waals surface area contributed by atoms with Gasteiger partial charge in [0, 0.05) is 0 Å². The SMILES string of the molecule is C[Si](C)(C)c1ccc2c(c1[Si](C)(C)C)Cc1ccccc1-2. The first-order valence-electron chi connectivity index (χ1n) is 7.95. The smallest absolute Gasteiger partial charge is 0.0656 e. The van der Waals surface area contributed by atoms with E-state index in [1.165, 1.54) is 16.7 Å². The molecule has 0 heterocycles. The van der Waals surface area contributed by atoms with Crippen LogP contribution in [0, 0.1) is 0 Å². The maximum Gasteiger partial charge on any atom is 0.0778 e. The average molecular weight is 311 g/mol. The van der Waals surface area contributed by atoms with Gasteiger partial charge in [-0.1, -0.05) is 86.1 Å². The van der Waals surface area contributed by atoms with Gasteiger partial charge in [0.15, 0.2) is 0 Å². The van der Waals surface area contributed by atoms with Crippen molar-refractivity contribution in [1.82, 2.24) is 0 Å². The average Bonchev–Trinajstić information content (AvgIpc) is 2.73. The summed E-state index contributed by atoms with van der Waals surface area (Å²) in [6.07, 6.45) is 1.14. The molecule has 2 heteroatoms. The zero-order chi connectivity index (χ0) is 15.4. The molecule has 0 bridgehead atoms. The first-order valence-corrected chi connectivity index (χ1v) is 14.9. The summed E-state index contributed by atoms with van der Waals surface area (Å²) in [5.74, 6) is 0. The van der Waals surface area contributed by atoms with Gasteiger partial charge in [0.05, 0.1) is 16.1 Å². The fraction of sp³-hybridized carbons (Fsp3) is 0.368. The fourth-order valence-corrected chi connectivity index (χ4v) is 9.45. The Kier molecular flexibility index (Phi) is 3.30. The van der Waals surface area contributed by atoms with Gasteiger partial charge in [-0.2, -0.15) is 0 Å². The summed E-state index contributed by atoms with van der Waals surface area (Å²) in [4.78, 5) is 0. The first kappa shape index (κ1) is 14.8. The van der Waals surface area contributed by atoms with E-state index < -0.39 is 16.1 Å². The normalized spacial score (nSPS) is 14.0. The molecule has 0 amide bonds. The second-order valence-corrected chi connectivity index (χ2v) is 18.4. The third-order valence-electron chi connectivity index (χ3n) is 4.55. The predicted molar refractivity (Wildman–Crippen MR) is 101 cm³/mol. The highest BCUT2D eigenvalue weighted by Gasteiger charge is 2.33. The van der Waals surface area contributed by atoms with Gasteiger partial charge in [0.1, 0.15) is 0 Å². The van der Waals surface area contributed by atoms with E-state index in [-0.39, 0.29) is 0 Å². The molecule has 2 aromatic carbocycles. The molecule has 0 fully saturated rings. The number of fused-ring (bicyclic) bond motifs is 3. The van der Waals surface area contributed by atoms with E-state index in [9.17, 15) is 0 Å². The summed E-state index contributed by atoms with van der Waals surface area (Å²) in [5.41, 5.74) is 6.13. The summed E-state index contributed by atoms with van der Waals surface area (Å²) in [7, 11) is -2.65. The quantitative estimate of drug-likeness (QED) is 0.617. The molecule has 0 atom stereocenters. The molecule has 0 saturated heterocycles. The number of hydrogen-bond donors (Lipinski definition) is 0. The minimum absolute atomic E-state index is 1.14. The van der Waals surface area contributed by atoms with E-state index in [1.54, 1.807) is 15.9 Å². The Morgan fingerprint density at radius 1 is 0.714 bits per heavy atom. The molecule has 2 aromatic rings. The van der Waals surface area contributed by atoms with E-state index in [0.717, 1.165) is 6.42 Å². The van der Waals surface area contributed by atoms with Crippen LogP contribution in [0.1, 0.15) is 11.1 Å². The van der Waals surface area contributed by atoms with E-state index in [4.69, 9.17) is 0 Å². The third-order valence-corrected chi connectivity index (χ3v) is 8.90. The molecule has 1 aliphatic rings. The van der Waals surface area contributed by atoms with Crippen LogP contribution < -0.4 is 10.4 Å². The minimum Gasteiger partial charge on any atom is -0.0656 e. The van der Waals surface area contributed by atoms with Crippen molar-refractivity contribution >= 4 is 26.5 Å². The lowest BCUT2D eigenvalue weighted by Gasteiger charge is -2.30. The van der Waals surface area contributed by atoms with Crippen LogP contribution in [0.4, 0.5) is 0 Å². The van der Waals surface area contributed by atoms with E-state index in [2.05, 4.69) is 75.7 Å². The molecule has 3 rings (SSSR count). The molecule has 0 N–H and O–H groups in total. The number of benzene rings is 2. The van der Waals surface area contributed by atoms with Gasteiger partial charge in [-0.15, -0.1) is 0 Å². The Bertz CT molecular complexity index is 700. The van der Waals surface area contributed by atoms with Crippen LogP contribution in [0.15, 0.2) is 36.4 Å². The molecule has 0 radical (unpaired) electrons. The summed E-state index contributed by atoms with van der Waals surface area (Å²) in [6, 6.07) is 13.8. The lowest BCUT2D eigenvalue weighted by atomic mass is 10.1. The van der Waals surface area contributed by atoms with Gasteiger partial charge in [-0.05, 0) is 28.7 Å². The van der Waals surface area contributed by atoms with Crippen molar-refractivity contribution in [3.05, 3.63) is 47.5 Å². The van der Waals surface area contributed by atoms with Crippen molar-refractivity contribution in [2.24, 2.45) is 0 Å². The molecule has 0 nitrogen and oxygen atoms in total. The lowest BCUT2D eigenvalue weighted by Crippen LogP contribution is -2.57. The standard InChI is InChI=1S/C19H26Si2/c1-20(2,3)18-12-11-16-15-10-8-7-9-14(15)13-17(16)19(18)21(4,5)6/h7-12H,13H2,1-6H3. The molecule has 1 aliphatic carbocycles. The highest BCUT2D eigenvalue weighted by atomic mass is 28.3. The molecule has 0 unspecified atom stereocenters. The molecule has 0 spiro atoms. The predicted octanol–water partition coefficient (Wildman–Crippen LogP) is 4.35. The first-order chi connectivity index (χ1) is 9.69. The summed E-state index contributed by atoms with van der Waals surface area (Å²) in [6.45, 7) is 15.0. The largest absolute Gasteiger partial charge is 0.0778 e. The van der Waals surface area contributed by atoms with Gasteiger partial charge in [-0.3, -0.25) is 0 Å². The highest BCUT2D eigenvalue weighted by molar-refractivity contribution is 6.98. The lowest BCUT2D eigenvalue weighted by molar-refractivity contribution is 1.28. The second-order valence-electron chi connectivity index (χ2n) is 8.35. The molecule has 0 aliphatic heterocycles. The molecule has 0 aromatic heterocycles. The van der Waals surface area contributed by atoms with Crippen molar-refractivity contribution in [2.45, 2.75) is 45.7 Å². The Morgan fingerprint density at radius 2 is 1.38 bits per heavy atom. The Labute approximate surface area is 131 Å². The maximum absolute atomic E-state index is 2.51. The third kappa shape index (κ3) is 2.45. The topological polar surface area (TPSA) is 0 Å². The van der Waals surface area contributed by atoms with Crippen LogP contribution in [0.2, 0.25) is 39.3 Å². The van der Waals surface area contributed by atoms with Crippen molar-refractivity contribution in [3.63, 3.8) is 0 Å². The Balaban J connectivity index is 2.31. The Morgan fingerprint density at radius 3 is 2.00 bits per heavy atom. The van der Waals surface area contributed by atoms with Crippen LogP contribution in [0.5, 0.6) is 0 Å². The number of rotatable bonds is 2. The van der Waals surface area contributed by atoms with Gasteiger partial charge in [-0.25, -0.2) is 0 Å². The van der Waals surface area contributed by atoms with E-state index in [1.807, 2.05) is 0 Å². The van der Waals surface area contributed by atoms with Gasteiger partial charge < -0.3 is 0 Å². The fourth-order valence-electron chi connectivity index (χ4n) is 3.69. The summed E-state index contributed by atoms with van der Waals surface area (Å²) >= 11 is 0. The van der Waals surface area contributed by atoms with Crippen LogP contribution in [-0.4, -0.2) is 16.1 Å². The second kappa shape index (κ2) is 4.69. The van der Waals surface area contributed by atoms with Crippen LogP contribution >= 0.6 is 0 Å². The van der Waals surface area contributed by atoms with E-state index in [0.29, 0.717) is 0 Å². The minimum atomic E-state index is -1.35. The van der Waals surface area contributed by atoms with Crippen molar-refractivity contribution in [1.29, 1.82) is 0 Å². The maximum atomic E-state index is 2.51. The molecular weight excluding hydrogens is 284 g/mol. The van der Waals surface area contributed by atoms with Gasteiger partial charge in [0.2, 0.25) is 0 Å². The number of hydrogen-bond acceptors (Lipinski definition) is 0. The zero-order valence-corrected chi connectivity index (χ0v) is 16.2. The van der Waals surface area contributed by atoms with E-state index >= 15 is 0 Å². The summed E-state index contributed by atoms with van der Waals surface area (Å²) < 4.78 is 0. The monoisotopic (exact) mass is 310 g/mol. The zero-order valence-electron chi connectivity index (χ0n) is 14.2. The van der Waals surface area contributed by atoms with Gasteiger partial charge in [0.25, 0.3) is 0 Å². The van der Waals surface area contributed by atoms with Crippen LogP contribution in [0.3, 0.4) is 0 Å². The van der Waals surface area contributed by atoms with Crippen molar-refractivity contribution < 1.29 is 0 Å². The van der Waals surface area contributed by atoms with Gasteiger partial charge >= 0.3 is 0 Å². The van der Waals surface area contributed by atoms with Crippen LogP contribution in [-0.2, 0) is 6.42 Å². The molecule has 0 saturated carbocycles. The molecule has 21 heavy (non-hydrogen) atoms. The summed E-state index contributed by atoms with van der Waals surface area (Å²) in [5, 5.41) is 3.46. The highest BCUT2D eigenvalue weighted by Crippen LogP contribution is 2.36. The molecular formula is C19H26Si2. The van der Waals surface area contributed by atoms with Crippen LogP contribution in [0.25, 0.3) is 11.1 Å². The van der Waals surface area contributed by atoms with Crippen molar-refractivity contribution in [2.75, 3.05) is 0 Å².